The Kier molecular flexibility index (Phi) is 7.11. The molecule has 0 bridgehead atoms. The molecule has 4 aromatic carbocycles. The van der Waals surface area contributed by atoms with E-state index in [-0.39, 0.29) is 13.1 Å². The van der Waals surface area contributed by atoms with E-state index >= 15 is 0 Å². The molecule has 0 atom stereocenters. The first-order valence-corrected chi connectivity index (χ1v) is 13.5. The highest BCUT2D eigenvalue weighted by Crippen LogP contribution is 2.36. The number of nitrogens with zero attached hydrogens (tertiary/aromatic N) is 2. The Morgan fingerprint density at radius 3 is 1.50 bits per heavy atom. The number of halogens is 2. The molecule has 9 heteroatoms. The van der Waals surface area contributed by atoms with Gasteiger partial charge in [0, 0.05) is 44.7 Å². The van der Waals surface area contributed by atoms with Gasteiger partial charge in [0.15, 0.2) is 0 Å². The van der Waals surface area contributed by atoms with Crippen LogP contribution in [0.25, 0.3) is 43.6 Å². The molecule has 7 nitrogen and oxygen atoms in total. The summed E-state index contributed by atoms with van der Waals surface area (Å²) in [7, 11) is 3.27. The molecule has 0 aliphatic rings. The predicted molar refractivity (Wildman–Crippen MR) is 165 cm³/mol. The van der Waals surface area contributed by atoms with Crippen molar-refractivity contribution in [2.75, 3.05) is 37.9 Å². The second-order valence-electron chi connectivity index (χ2n) is 9.48. The van der Waals surface area contributed by atoms with Gasteiger partial charge in [-0.15, -0.1) is 0 Å². The molecule has 0 saturated heterocycles. The number of nitrogens with one attached hydrogen (secondary N) is 2. The van der Waals surface area contributed by atoms with Gasteiger partial charge in [-0.2, -0.15) is 0 Å². The summed E-state index contributed by atoms with van der Waals surface area (Å²) in [6, 6.07) is 22.7. The number of anilines is 2. The van der Waals surface area contributed by atoms with Gasteiger partial charge in [0.05, 0.1) is 53.8 Å². The Morgan fingerprint density at radius 2 is 1.07 bits per heavy atom. The second-order valence-corrected chi connectivity index (χ2v) is 10.4. The number of fused-ring (bicyclic) bond motifs is 4. The van der Waals surface area contributed by atoms with Gasteiger partial charge in [-0.3, -0.25) is 0 Å². The number of benzene rings is 4. The number of hydrogen-bond acceptors (Lipinski definition) is 7. The van der Waals surface area contributed by atoms with Gasteiger partial charge in [0.25, 0.3) is 0 Å². The topological polar surface area (TPSA) is 88.5 Å². The fraction of sp³-hybridized carbons (Fsp3) is 0.161. The van der Waals surface area contributed by atoms with Crippen LogP contribution in [0, 0.1) is 0 Å². The zero-order valence-corrected chi connectivity index (χ0v) is 23.3. The third-order valence-electron chi connectivity index (χ3n) is 6.92. The first-order chi connectivity index (χ1) is 19.4. The molecule has 0 spiro atoms. The van der Waals surface area contributed by atoms with Crippen LogP contribution in [0.3, 0.4) is 0 Å². The summed E-state index contributed by atoms with van der Waals surface area (Å²) < 4.78 is 10.9. The lowest BCUT2D eigenvalue weighted by molar-refractivity contribution is 0.201. The minimum Gasteiger partial charge on any atom is -0.497 e. The van der Waals surface area contributed by atoms with Crippen molar-refractivity contribution in [1.82, 2.24) is 9.97 Å². The molecule has 0 amide bonds. The lowest BCUT2D eigenvalue weighted by Gasteiger charge is -2.19. The van der Waals surface area contributed by atoms with Crippen LogP contribution in [0.4, 0.5) is 11.4 Å². The van der Waals surface area contributed by atoms with Crippen LogP contribution in [0.2, 0.25) is 10.0 Å². The number of hydrogen-bond donors (Lipinski definition) is 3. The number of ether oxygens (including phenoxy) is 2. The Morgan fingerprint density at radius 1 is 0.625 bits per heavy atom. The molecule has 3 N–H and O–H groups in total. The Bertz CT molecular complexity index is 1760. The van der Waals surface area contributed by atoms with Gasteiger partial charge >= 0.3 is 0 Å². The molecule has 0 saturated carbocycles. The Labute approximate surface area is 240 Å². The molecule has 6 aromatic rings. The number of methoxy groups -OCH3 is 2. The van der Waals surface area contributed by atoms with E-state index in [2.05, 4.69) is 10.6 Å². The van der Waals surface area contributed by atoms with Crippen LogP contribution >= 0.6 is 23.2 Å². The quantitative estimate of drug-likeness (QED) is 0.165. The summed E-state index contributed by atoms with van der Waals surface area (Å²) >= 11 is 12.5. The molecule has 6 rings (SSSR count). The lowest BCUT2D eigenvalue weighted by Crippen LogP contribution is -2.27. The van der Waals surface area contributed by atoms with Crippen LogP contribution in [0.1, 0.15) is 0 Å². The average Bonchev–Trinajstić information content (AvgIpc) is 2.96. The first kappa shape index (κ1) is 26.2. The maximum Gasteiger partial charge on any atom is 0.119 e. The molecule has 0 aliphatic carbocycles. The highest BCUT2D eigenvalue weighted by molar-refractivity contribution is 6.32. The number of rotatable bonds is 8. The van der Waals surface area contributed by atoms with Crippen LogP contribution < -0.4 is 20.1 Å². The molecule has 0 unspecified atom stereocenters. The Hall–Kier alpha value is -4.04. The average molecular weight is 573 g/mol. The van der Waals surface area contributed by atoms with Crippen LogP contribution in [-0.2, 0) is 0 Å². The van der Waals surface area contributed by atoms with Crippen LogP contribution in [0.5, 0.6) is 11.5 Å². The van der Waals surface area contributed by atoms with E-state index < -0.39 is 6.10 Å². The van der Waals surface area contributed by atoms with Gasteiger partial charge in [-0.25, -0.2) is 9.97 Å². The number of aliphatic hydroxyl groups excluding tert-OH is 1. The third kappa shape index (κ3) is 4.99. The van der Waals surface area contributed by atoms with Crippen molar-refractivity contribution >= 4 is 78.2 Å². The number of pyridine rings is 2. The summed E-state index contributed by atoms with van der Waals surface area (Å²) in [6.07, 6.45) is -0.729. The highest BCUT2D eigenvalue weighted by Gasteiger charge is 2.15. The maximum atomic E-state index is 11.1. The largest absolute Gasteiger partial charge is 0.497 e. The Balaban J connectivity index is 1.31. The minimum atomic E-state index is -0.729. The molecule has 40 heavy (non-hydrogen) atoms. The lowest BCUT2D eigenvalue weighted by atomic mass is 10.1. The van der Waals surface area contributed by atoms with E-state index in [0.29, 0.717) is 10.0 Å². The standard InChI is InChI=1S/C31H26Cl2N4O3/c1-39-20-5-9-26-24(13-20)30(22-7-3-17(32)11-28(22)36-26)34-15-19(38)16-35-31-23-8-4-18(33)12-29(23)37-27-10-6-21(40-2)14-25(27)31/h3-14,19,38H,15-16H2,1-2H3,(H,34,36)(H,35,37). The first-order valence-electron chi connectivity index (χ1n) is 12.7. The van der Waals surface area contributed by atoms with E-state index in [1.165, 1.54) is 0 Å². The maximum absolute atomic E-state index is 11.1. The molecule has 2 heterocycles. The van der Waals surface area contributed by atoms with Gasteiger partial charge in [-0.1, -0.05) is 23.2 Å². The van der Waals surface area contributed by atoms with E-state index in [1.807, 2.05) is 72.8 Å². The molecular weight excluding hydrogens is 547 g/mol. The summed E-state index contributed by atoms with van der Waals surface area (Å²) in [5.74, 6) is 1.44. The predicted octanol–water partition coefficient (Wildman–Crippen LogP) is 7.30. The van der Waals surface area contributed by atoms with Crippen molar-refractivity contribution < 1.29 is 14.6 Å². The summed E-state index contributed by atoms with van der Waals surface area (Å²) in [6.45, 7) is 0.578. The number of aromatic nitrogens is 2. The second kappa shape index (κ2) is 10.8. The van der Waals surface area contributed by atoms with E-state index in [1.54, 1.807) is 14.2 Å². The zero-order chi connectivity index (χ0) is 27.8. The minimum absolute atomic E-state index is 0.289. The van der Waals surface area contributed by atoms with E-state index in [0.717, 1.165) is 66.5 Å². The smallest absolute Gasteiger partial charge is 0.119 e. The van der Waals surface area contributed by atoms with Crippen molar-refractivity contribution in [2.45, 2.75) is 6.10 Å². The summed E-state index contributed by atoms with van der Waals surface area (Å²) in [5.41, 5.74) is 4.84. The van der Waals surface area contributed by atoms with Crippen molar-refractivity contribution in [2.24, 2.45) is 0 Å². The monoisotopic (exact) mass is 572 g/mol. The normalized spacial score (nSPS) is 11.6. The van der Waals surface area contributed by atoms with Gasteiger partial charge in [0.2, 0.25) is 0 Å². The fourth-order valence-electron chi connectivity index (χ4n) is 4.94. The van der Waals surface area contributed by atoms with Crippen molar-refractivity contribution in [3.8, 4) is 11.5 Å². The fourth-order valence-corrected chi connectivity index (χ4v) is 5.27. The van der Waals surface area contributed by atoms with Gasteiger partial charge < -0.3 is 25.2 Å². The van der Waals surface area contributed by atoms with Crippen molar-refractivity contribution in [1.29, 1.82) is 0 Å². The molecular formula is C31H26Cl2N4O3. The summed E-state index contributed by atoms with van der Waals surface area (Å²) in [4.78, 5) is 9.55. The highest BCUT2D eigenvalue weighted by atomic mass is 35.5. The van der Waals surface area contributed by atoms with Crippen LogP contribution in [0.15, 0.2) is 72.8 Å². The molecule has 0 fully saturated rings. The zero-order valence-electron chi connectivity index (χ0n) is 21.8. The molecule has 0 aliphatic heterocycles. The molecule has 202 valence electrons. The van der Waals surface area contributed by atoms with Gasteiger partial charge in [-0.05, 0) is 72.8 Å². The SMILES string of the molecule is COc1ccc2nc3cc(Cl)ccc3c(NCC(O)CNc3c4ccc(Cl)cc4nc4ccc(OC)cc34)c2c1. The summed E-state index contributed by atoms with van der Waals surface area (Å²) in [5, 5.41) is 22.8. The third-order valence-corrected chi connectivity index (χ3v) is 7.39. The van der Waals surface area contributed by atoms with Crippen molar-refractivity contribution in [3.63, 3.8) is 0 Å². The van der Waals surface area contributed by atoms with E-state index in [9.17, 15) is 5.11 Å². The molecule has 2 aromatic heterocycles. The number of aliphatic hydroxyl groups is 1. The van der Waals surface area contributed by atoms with Crippen molar-refractivity contribution in [3.05, 3.63) is 82.8 Å². The van der Waals surface area contributed by atoms with Crippen LogP contribution in [-0.4, -0.2) is 48.5 Å². The van der Waals surface area contributed by atoms with E-state index in [4.69, 9.17) is 42.6 Å². The molecule has 0 radical (unpaired) electrons. The van der Waals surface area contributed by atoms with Gasteiger partial charge in [0.1, 0.15) is 11.5 Å².